The molecule has 2 atom stereocenters. The van der Waals surface area contributed by atoms with Gasteiger partial charge in [0.05, 0.1) is 0 Å². The summed E-state index contributed by atoms with van der Waals surface area (Å²) in [4.78, 5) is 11.1. The summed E-state index contributed by atoms with van der Waals surface area (Å²) in [6, 6.07) is 0.517. The molecule has 1 aromatic heterocycles. The number of nitrogens with zero attached hydrogens (tertiary/aromatic N) is 3. The Kier molecular flexibility index (Phi) is 3.96. The minimum atomic E-state index is 0.517. The van der Waals surface area contributed by atoms with Crippen LogP contribution >= 0.6 is 22.6 Å². The number of nitrogens with two attached hydrogens (primary N) is 1. The van der Waals surface area contributed by atoms with Gasteiger partial charge in [0.1, 0.15) is 0 Å². The molecule has 0 bridgehead atoms. The maximum absolute atomic E-state index is 5.74. The number of rotatable bonds is 2. The van der Waals surface area contributed by atoms with Gasteiger partial charge in [-0.2, -0.15) is 0 Å². The van der Waals surface area contributed by atoms with E-state index in [0.29, 0.717) is 12.0 Å². The van der Waals surface area contributed by atoms with Gasteiger partial charge < -0.3 is 10.6 Å². The number of halogens is 1. The first-order chi connectivity index (χ1) is 7.70. The Bertz CT molecular complexity index is 340. The van der Waals surface area contributed by atoms with E-state index in [-0.39, 0.29) is 0 Å². The standard InChI is InChI=1S/C11H17IN4/c1-8-2-3-9(4-13)7-16(8)11-14-5-10(12)6-15-11/h5-6,8-9H,2-4,7,13H2,1H3. The predicted molar refractivity (Wildman–Crippen MR) is 73.3 cm³/mol. The summed E-state index contributed by atoms with van der Waals surface area (Å²) < 4.78 is 1.07. The predicted octanol–water partition coefficient (Wildman–Crippen LogP) is 1.64. The third kappa shape index (κ3) is 2.63. The first kappa shape index (κ1) is 12.0. The molecule has 1 aliphatic heterocycles. The summed E-state index contributed by atoms with van der Waals surface area (Å²) in [6.45, 7) is 3.97. The molecule has 1 fully saturated rings. The van der Waals surface area contributed by atoms with Crippen LogP contribution in [0.2, 0.25) is 0 Å². The van der Waals surface area contributed by atoms with E-state index in [1.807, 2.05) is 12.4 Å². The molecule has 16 heavy (non-hydrogen) atoms. The van der Waals surface area contributed by atoms with E-state index in [2.05, 4.69) is 44.4 Å². The van der Waals surface area contributed by atoms with Gasteiger partial charge in [-0.1, -0.05) is 0 Å². The molecule has 2 N–H and O–H groups in total. The normalized spacial score (nSPS) is 25.8. The summed E-state index contributed by atoms with van der Waals surface area (Å²) in [7, 11) is 0. The number of piperidine rings is 1. The summed E-state index contributed by atoms with van der Waals surface area (Å²) in [6.07, 6.45) is 6.12. The van der Waals surface area contributed by atoms with Crippen LogP contribution in [0.1, 0.15) is 19.8 Å². The van der Waals surface area contributed by atoms with Crippen LogP contribution in [0.15, 0.2) is 12.4 Å². The van der Waals surface area contributed by atoms with E-state index >= 15 is 0 Å². The summed E-state index contributed by atoms with van der Waals surface area (Å²) >= 11 is 2.22. The Morgan fingerprint density at radius 1 is 1.44 bits per heavy atom. The highest BCUT2D eigenvalue weighted by Crippen LogP contribution is 2.24. The Morgan fingerprint density at radius 3 is 2.75 bits per heavy atom. The van der Waals surface area contributed by atoms with Gasteiger partial charge in [-0.15, -0.1) is 0 Å². The fourth-order valence-corrected chi connectivity index (χ4v) is 2.39. The molecule has 0 spiro atoms. The van der Waals surface area contributed by atoms with Crippen LogP contribution in [-0.4, -0.2) is 29.1 Å². The monoisotopic (exact) mass is 332 g/mol. The van der Waals surface area contributed by atoms with Gasteiger partial charge in [-0.3, -0.25) is 0 Å². The quantitative estimate of drug-likeness (QED) is 0.837. The van der Waals surface area contributed by atoms with Crippen LogP contribution < -0.4 is 10.6 Å². The van der Waals surface area contributed by atoms with Crippen LogP contribution in [-0.2, 0) is 0 Å². The third-order valence-corrected chi connectivity index (χ3v) is 3.73. The van der Waals surface area contributed by atoms with Crippen molar-refractivity contribution < 1.29 is 0 Å². The molecule has 0 radical (unpaired) electrons. The second-order valence-electron chi connectivity index (χ2n) is 4.38. The first-order valence-electron chi connectivity index (χ1n) is 5.65. The zero-order valence-corrected chi connectivity index (χ0v) is 11.6. The summed E-state index contributed by atoms with van der Waals surface area (Å²) in [5, 5.41) is 0. The lowest BCUT2D eigenvalue weighted by Gasteiger charge is -2.37. The average molecular weight is 332 g/mol. The summed E-state index contributed by atoms with van der Waals surface area (Å²) in [5.74, 6) is 1.42. The van der Waals surface area contributed by atoms with E-state index < -0.39 is 0 Å². The lowest BCUT2D eigenvalue weighted by atomic mass is 9.94. The van der Waals surface area contributed by atoms with Crippen LogP contribution in [0.25, 0.3) is 0 Å². The smallest absolute Gasteiger partial charge is 0.225 e. The maximum atomic E-state index is 5.74. The van der Waals surface area contributed by atoms with Crippen LogP contribution in [0.3, 0.4) is 0 Å². The molecule has 88 valence electrons. The van der Waals surface area contributed by atoms with Crippen molar-refractivity contribution in [1.29, 1.82) is 0 Å². The SMILES string of the molecule is CC1CCC(CN)CN1c1ncc(I)cn1. The largest absolute Gasteiger partial charge is 0.338 e. The molecule has 0 aliphatic carbocycles. The number of anilines is 1. The molecule has 2 rings (SSSR count). The Morgan fingerprint density at radius 2 is 2.12 bits per heavy atom. The molecule has 2 heterocycles. The van der Waals surface area contributed by atoms with Gasteiger partial charge in [0.15, 0.2) is 0 Å². The number of aromatic nitrogens is 2. The van der Waals surface area contributed by atoms with Gasteiger partial charge in [0, 0.05) is 28.6 Å². The van der Waals surface area contributed by atoms with Gasteiger partial charge in [-0.25, -0.2) is 9.97 Å². The topological polar surface area (TPSA) is 55.0 Å². The van der Waals surface area contributed by atoms with Crippen molar-refractivity contribution in [3.05, 3.63) is 16.0 Å². The van der Waals surface area contributed by atoms with Crippen molar-refractivity contribution in [2.45, 2.75) is 25.8 Å². The van der Waals surface area contributed by atoms with Crippen molar-refractivity contribution in [3.8, 4) is 0 Å². The molecule has 5 heteroatoms. The average Bonchev–Trinajstić information content (AvgIpc) is 2.31. The van der Waals surface area contributed by atoms with Crippen LogP contribution in [0.4, 0.5) is 5.95 Å². The van der Waals surface area contributed by atoms with Crippen LogP contribution in [0.5, 0.6) is 0 Å². The highest BCUT2D eigenvalue weighted by Gasteiger charge is 2.26. The van der Waals surface area contributed by atoms with Crippen LogP contribution in [0, 0.1) is 9.49 Å². The van der Waals surface area contributed by atoms with Gasteiger partial charge in [0.25, 0.3) is 0 Å². The Balaban J connectivity index is 2.14. The number of hydrogen-bond donors (Lipinski definition) is 1. The Hall–Kier alpha value is -0.430. The molecule has 0 amide bonds. The second-order valence-corrected chi connectivity index (χ2v) is 5.63. The molecule has 1 aromatic rings. The van der Waals surface area contributed by atoms with Crippen molar-refractivity contribution in [1.82, 2.24) is 9.97 Å². The molecule has 4 nitrogen and oxygen atoms in total. The molecule has 1 aliphatic rings. The maximum Gasteiger partial charge on any atom is 0.225 e. The molecule has 0 saturated carbocycles. The van der Waals surface area contributed by atoms with Crippen molar-refractivity contribution in [2.24, 2.45) is 11.7 Å². The molecular formula is C11H17IN4. The minimum Gasteiger partial charge on any atom is -0.338 e. The lowest BCUT2D eigenvalue weighted by Crippen LogP contribution is -2.44. The molecule has 2 unspecified atom stereocenters. The molecule has 1 saturated heterocycles. The van der Waals surface area contributed by atoms with E-state index in [4.69, 9.17) is 5.73 Å². The first-order valence-corrected chi connectivity index (χ1v) is 6.73. The highest BCUT2D eigenvalue weighted by molar-refractivity contribution is 14.1. The highest BCUT2D eigenvalue weighted by atomic mass is 127. The minimum absolute atomic E-state index is 0.517. The zero-order valence-electron chi connectivity index (χ0n) is 9.43. The molecular weight excluding hydrogens is 315 g/mol. The lowest BCUT2D eigenvalue weighted by molar-refractivity contribution is 0.369. The second kappa shape index (κ2) is 5.27. The van der Waals surface area contributed by atoms with E-state index in [1.165, 1.54) is 12.8 Å². The Labute approximate surface area is 110 Å². The van der Waals surface area contributed by atoms with Gasteiger partial charge in [-0.05, 0) is 54.8 Å². The van der Waals surface area contributed by atoms with Gasteiger partial charge in [0.2, 0.25) is 5.95 Å². The third-order valence-electron chi connectivity index (χ3n) is 3.18. The van der Waals surface area contributed by atoms with Crippen molar-refractivity contribution in [3.63, 3.8) is 0 Å². The zero-order chi connectivity index (χ0) is 11.5. The fourth-order valence-electron chi connectivity index (χ4n) is 2.11. The van der Waals surface area contributed by atoms with E-state index in [1.54, 1.807) is 0 Å². The number of hydrogen-bond acceptors (Lipinski definition) is 4. The fraction of sp³-hybridized carbons (Fsp3) is 0.636. The summed E-state index contributed by atoms with van der Waals surface area (Å²) in [5.41, 5.74) is 5.74. The van der Waals surface area contributed by atoms with Gasteiger partial charge >= 0.3 is 0 Å². The van der Waals surface area contributed by atoms with Crippen molar-refractivity contribution >= 4 is 28.5 Å². The van der Waals surface area contributed by atoms with E-state index in [9.17, 15) is 0 Å². The molecule has 0 aromatic carbocycles. The van der Waals surface area contributed by atoms with E-state index in [0.717, 1.165) is 22.6 Å². The van der Waals surface area contributed by atoms with Crippen molar-refractivity contribution in [2.75, 3.05) is 18.0 Å².